The van der Waals surface area contributed by atoms with E-state index in [4.69, 9.17) is 30.0 Å². The molecule has 0 aromatic rings. The summed E-state index contributed by atoms with van der Waals surface area (Å²) < 4.78 is 0. The fourth-order valence-corrected chi connectivity index (χ4v) is 0. The second-order valence-corrected chi connectivity index (χ2v) is 0.516. The molecule has 0 radical (unpaired) electrons. The van der Waals surface area contributed by atoms with Crippen molar-refractivity contribution in [1.82, 2.24) is 0 Å². The van der Waals surface area contributed by atoms with Gasteiger partial charge in [-0.25, -0.2) is 0 Å². The van der Waals surface area contributed by atoms with E-state index in [2.05, 4.69) is 0 Å². The summed E-state index contributed by atoms with van der Waals surface area (Å²) in [6, 6.07) is 0. The summed E-state index contributed by atoms with van der Waals surface area (Å²) in [5, 5.41) is 32.0. The molecule has 48 valence electrons. The van der Waals surface area contributed by atoms with Crippen LogP contribution < -0.4 is 15.3 Å². The number of carbonyl (C=O) groups excluding carboxylic acids is 1. The van der Waals surface area contributed by atoms with E-state index < -0.39 is 12.3 Å². The van der Waals surface area contributed by atoms with Crippen molar-refractivity contribution in [3.63, 3.8) is 0 Å². The predicted molar refractivity (Wildman–Crippen MR) is 13.4 cm³/mol. The summed E-state index contributed by atoms with van der Waals surface area (Å²) in [6.07, 6.45) is -4.42. The topological polar surface area (TPSA) is 124 Å². The number of rotatable bonds is 0. The van der Waals surface area contributed by atoms with Crippen LogP contribution in [-0.4, -0.2) is 17.4 Å². The molecule has 6 nitrogen and oxygen atoms in total. The maximum atomic E-state index is 8.44. The molecular weight excluding hydrogens is 165 g/mol. The van der Waals surface area contributed by atoms with Crippen molar-refractivity contribution in [2.75, 3.05) is 0 Å². The van der Waals surface area contributed by atoms with E-state index in [1.807, 2.05) is 0 Å². The van der Waals surface area contributed by atoms with Gasteiger partial charge in [-0.15, -0.1) is 0 Å². The average Bonchev–Trinajstić information content (AvgIpc) is 1.25. The van der Waals surface area contributed by atoms with Crippen LogP contribution in [-0.2, 0) is 25.8 Å². The number of hydrogen-bond donors (Lipinski definition) is 1. The molecule has 0 saturated carbocycles. The summed E-state index contributed by atoms with van der Waals surface area (Å²) >= 11 is 0. The van der Waals surface area contributed by atoms with Crippen LogP contribution in [0, 0.1) is 0 Å². The SMILES string of the molecule is O=C([O-])O.O=C([O-])[O-].[Sc+3]. The van der Waals surface area contributed by atoms with Crippen LogP contribution in [0.2, 0.25) is 0 Å². The second-order valence-electron chi connectivity index (χ2n) is 0.516. The molecule has 0 fully saturated rings. The van der Waals surface area contributed by atoms with Gasteiger partial charge in [-0.1, -0.05) is 0 Å². The summed E-state index contributed by atoms with van der Waals surface area (Å²) in [7, 11) is 0. The fraction of sp³-hybridized carbons (Fsp3) is 0. The number of hydrogen-bond acceptors (Lipinski definition) is 5. The minimum atomic E-state index is -2.33. The van der Waals surface area contributed by atoms with E-state index in [0.29, 0.717) is 0 Å². The average molecular weight is 166 g/mol. The molecule has 0 atom stereocenters. The maximum Gasteiger partial charge on any atom is 3.00 e. The second kappa shape index (κ2) is 10.4. The van der Waals surface area contributed by atoms with Gasteiger partial charge in [-0.05, 0) is 6.16 Å². The van der Waals surface area contributed by atoms with E-state index in [0.717, 1.165) is 0 Å². The third-order valence-electron chi connectivity index (χ3n) is 0. The van der Waals surface area contributed by atoms with Crippen molar-refractivity contribution in [1.29, 1.82) is 0 Å². The van der Waals surface area contributed by atoms with Crippen LogP contribution in [0.4, 0.5) is 9.59 Å². The molecule has 0 rings (SSSR count). The van der Waals surface area contributed by atoms with Gasteiger partial charge in [0.1, 0.15) is 0 Å². The quantitative estimate of drug-likeness (QED) is 0.397. The molecule has 0 aliphatic heterocycles. The summed E-state index contributed by atoms with van der Waals surface area (Å²) in [5.74, 6) is 0. The van der Waals surface area contributed by atoms with Crippen LogP contribution in [0.5, 0.6) is 0 Å². The van der Waals surface area contributed by atoms with Crippen LogP contribution >= 0.6 is 0 Å². The Kier molecular flexibility index (Phi) is 18.2. The number of carboxylic acid groups (broad SMARTS) is 4. The molecule has 0 aliphatic rings. The van der Waals surface area contributed by atoms with E-state index >= 15 is 0 Å². The van der Waals surface area contributed by atoms with E-state index in [-0.39, 0.29) is 25.8 Å². The van der Waals surface area contributed by atoms with Crippen molar-refractivity contribution >= 4 is 12.3 Å². The standard InChI is InChI=1S/2CH2O3.Sc/c2*2-1(3)4;/h2*(H2,2,3,4);/q;;+3/p-3. The van der Waals surface area contributed by atoms with E-state index in [9.17, 15) is 0 Å². The normalized spacial score (nSPS) is 5.33. The van der Waals surface area contributed by atoms with Gasteiger partial charge >= 0.3 is 25.8 Å². The number of carbonyl (C=O) groups is 2. The zero-order valence-corrected chi connectivity index (χ0v) is 5.87. The van der Waals surface area contributed by atoms with Crippen molar-refractivity contribution in [3.05, 3.63) is 0 Å². The Morgan fingerprint density at radius 2 is 1.11 bits per heavy atom. The van der Waals surface area contributed by atoms with Crippen molar-refractivity contribution in [3.8, 4) is 0 Å². The van der Waals surface area contributed by atoms with Crippen LogP contribution in [0.1, 0.15) is 0 Å². The van der Waals surface area contributed by atoms with Crippen LogP contribution in [0.3, 0.4) is 0 Å². The Morgan fingerprint density at radius 1 is 1.11 bits per heavy atom. The molecule has 0 bridgehead atoms. The smallest absolute Gasteiger partial charge is 0.652 e. The van der Waals surface area contributed by atoms with Gasteiger partial charge in [0.05, 0.1) is 0 Å². The molecule has 1 N–H and O–H groups in total. The first-order valence-corrected chi connectivity index (χ1v) is 1.24. The Morgan fingerprint density at radius 3 is 1.11 bits per heavy atom. The van der Waals surface area contributed by atoms with Gasteiger partial charge < -0.3 is 30.0 Å². The van der Waals surface area contributed by atoms with Crippen LogP contribution in [0.15, 0.2) is 0 Å². The monoisotopic (exact) mass is 166 g/mol. The minimum absolute atomic E-state index is 0. The molecule has 0 spiro atoms. The van der Waals surface area contributed by atoms with Crippen molar-refractivity contribution in [2.45, 2.75) is 0 Å². The summed E-state index contributed by atoms with van der Waals surface area (Å²) in [5.41, 5.74) is 0. The molecule has 7 heteroatoms. The molecule has 0 aliphatic carbocycles. The van der Waals surface area contributed by atoms with Gasteiger partial charge in [-0.3, -0.25) is 0 Å². The molecule has 0 amide bonds. The zero-order valence-electron chi connectivity index (χ0n) is 4.07. The molecule has 0 heterocycles. The fourth-order valence-electron chi connectivity index (χ4n) is 0. The Balaban J connectivity index is -0.0000000720. The van der Waals surface area contributed by atoms with E-state index in [1.165, 1.54) is 0 Å². The summed E-state index contributed by atoms with van der Waals surface area (Å²) in [4.78, 5) is 16.8. The Bertz CT molecular complexity index is 69.1. The molecule has 0 saturated heterocycles. The molecule has 0 unspecified atom stereocenters. The molecule has 0 aromatic heterocycles. The Labute approximate surface area is 68.5 Å². The molecule has 0 aromatic carbocycles. The maximum absolute atomic E-state index is 8.44. The first-order valence-electron chi connectivity index (χ1n) is 1.24. The minimum Gasteiger partial charge on any atom is -0.652 e. The first-order chi connectivity index (χ1) is 3.46. The van der Waals surface area contributed by atoms with Gasteiger partial charge in [-0.2, -0.15) is 0 Å². The van der Waals surface area contributed by atoms with Gasteiger partial charge in [0.15, 0.2) is 0 Å². The summed E-state index contributed by atoms with van der Waals surface area (Å²) in [6.45, 7) is 0. The first kappa shape index (κ1) is 15.8. The van der Waals surface area contributed by atoms with Gasteiger partial charge in [0, 0.05) is 0 Å². The largest absolute Gasteiger partial charge is 3.00 e. The van der Waals surface area contributed by atoms with Crippen molar-refractivity contribution < 1.29 is 55.9 Å². The third-order valence-corrected chi connectivity index (χ3v) is 0. The Hall–Kier alpha value is -0.590. The van der Waals surface area contributed by atoms with Gasteiger partial charge in [0.2, 0.25) is 6.16 Å². The predicted octanol–water partition coefficient (Wildman–Crippen LogP) is -3.56. The van der Waals surface area contributed by atoms with Crippen LogP contribution in [0.25, 0.3) is 0 Å². The van der Waals surface area contributed by atoms with Gasteiger partial charge in [0.25, 0.3) is 0 Å². The zero-order chi connectivity index (χ0) is 7.15. The van der Waals surface area contributed by atoms with E-state index in [1.54, 1.807) is 0 Å². The molecule has 9 heavy (non-hydrogen) atoms. The van der Waals surface area contributed by atoms with Crippen molar-refractivity contribution in [2.24, 2.45) is 0 Å². The third kappa shape index (κ3) is 623. The molecular formula is C2HO6Sc.